The molecular weight excluding hydrogens is 174 g/mol. The van der Waals surface area contributed by atoms with Crippen LogP contribution in [0.3, 0.4) is 0 Å². The Hall–Kier alpha value is 0.457. The van der Waals surface area contributed by atoms with Crippen LogP contribution in [0.15, 0.2) is 0 Å². The van der Waals surface area contributed by atoms with E-state index >= 15 is 0 Å². The Kier molecular flexibility index (Phi) is 12.3. The number of aliphatic hydroxyl groups is 2. The van der Waals surface area contributed by atoms with E-state index in [4.69, 9.17) is 20.4 Å². The Balaban J connectivity index is -0.0000000675. The summed E-state index contributed by atoms with van der Waals surface area (Å²) in [4.78, 5) is 19.5. The summed E-state index contributed by atoms with van der Waals surface area (Å²) in [5.74, 6) is -3.54. The number of carbonyl (C=O) groups is 2. The minimum absolute atomic E-state index is 0. The van der Waals surface area contributed by atoms with Gasteiger partial charge >= 0.3 is 60.4 Å². The summed E-state index contributed by atoms with van der Waals surface area (Å²) in [7, 11) is 0. The summed E-state index contributed by atoms with van der Waals surface area (Å²) in [6.07, 6.45) is -4.53. The fourth-order valence-electron chi connectivity index (χ4n) is 0.270. The summed E-state index contributed by atoms with van der Waals surface area (Å²) in [5.41, 5.74) is 0. The first-order chi connectivity index (χ1) is 4.46. The summed E-state index contributed by atoms with van der Waals surface area (Å²) in [5, 5.41) is 32.5. The molecule has 2 unspecified atom stereocenters. The molecule has 0 rings (SSSR count). The standard InChI is InChI=1S/C4H6O6.Li.Na.2H/c5-1(3(7)8)2(6)4(9)10;;;;/h1-2,5-6H,(H,7,8)(H,9,10);;;;/q;2*+1;2*-1. The molecule has 0 saturated heterocycles. The molecule has 0 fully saturated rings. The van der Waals surface area contributed by atoms with E-state index in [1.54, 1.807) is 0 Å². The number of carboxylic acid groups (broad SMARTS) is 2. The summed E-state index contributed by atoms with van der Waals surface area (Å²) >= 11 is 0. The number of hydrogen-bond donors (Lipinski definition) is 4. The van der Waals surface area contributed by atoms with E-state index in [0.29, 0.717) is 0 Å². The van der Waals surface area contributed by atoms with E-state index < -0.39 is 24.1 Å². The minimum Gasteiger partial charge on any atom is -1.00 e. The van der Waals surface area contributed by atoms with Crippen LogP contribution in [-0.2, 0) is 9.59 Å². The van der Waals surface area contributed by atoms with Gasteiger partial charge in [0.15, 0.2) is 12.2 Å². The van der Waals surface area contributed by atoms with Gasteiger partial charge in [-0.15, -0.1) is 0 Å². The average molecular weight is 182 g/mol. The maximum Gasteiger partial charge on any atom is 1.00 e. The van der Waals surface area contributed by atoms with Crippen molar-refractivity contribution in [1.82, 2.24) is 0 Å². The average Bonchev–Trinajstić information content (AvgIpc) is 1.84. The number of hydrogen-bond acceptors (Lipinski definition) is 4. The molecule has 0 bridgehead atoms. The van der Waals surface area contributed by atoms with E-state index in [2.05, 4.69) is 0 Å². The molecule has 8 heteroatoms. The molecule has 0 aromatic carbocycles. The van der Waals surface area contributed by atoms with Gasteiger partial charge in [-0.1, -0.05) is 0 Å². The molecule has 0 aromatic heterocycles. The summed E-state index contributed by atoms with van der Waals surface area (Å²) in [6, 6.07) is 0. The van der Waals surface area contributed by atoms with Crippen LogP contribution in [-0.4, -0.2) is 44.6 Å². The molecule has 6 nitrogen and oxygen atoms in total. The maximum absolute atomic E-state index is 9.77. The van der Waals surface area contributed by atoms with Crippen molar-refractivity contribution in [3.05, 3.63) is 0 Å². The van der Waals surface area contributed by atoms with Gasteiger partial charge in [0, 0.05) is 0 Å². The van der Waals surface area contributed by atoms with Crippen molar-refractivity contribution < 1.29 is 81.3 Å². The molecule has 0 aliphatic carbocycles. The number of aliphatic hydroxyl groups excluding tert-OH is 2. The first kappa shape index (κ1) is 18.3. The zero-order chi connectivity index (χ0) is 8.31. The van der Waals surface area contributed by atoms with Crippen molar-refractivity contribution in [3.8, 4) is 0 Å². The molecule has 0 aliphatic heterocycles. The van der Waals surface area contributed by atoms with E-state index in [1.165, 1.54) is 0 Å². The molecule has 2 atom stereocenters. The Labute approximate surface area is 105 Å². The molecule has 62 valence electrons. The summed E-state index contributed by atoms with van der Waals surface area (Å²) < 4.78 is 0. The molecule has 0 aliphatic rings. The van der Waals surface area contributed by atoms with E-state index in [0.717, 1.165) is 0 Å². The fraction of sp³-hybridized carbons (Fsp3) is 0.500. The van der Waals surface area contributed by atoms with Crippen LogP contribution in [0.4, 0.5) is 0 Å². The molecule has 0 amide bonds. The smallest absolute Gasteiger partial charge is 1.00 e. The normalized spacial score (nSPS) is 13.2. The van der Waals surface area contributed by atoms with Gasteiger partial charge in [-0.3, -0.25) is 0 Å². The number of rotatable bonds is 3. The van der Waals surface area contributed by atoms with Gasteiger partial charge < -0.3 is 23.3 Å². The Bertz CT molecular complexity index is 152. The van der Waals surface area contributed by atoms with Crippen LogP contribution in [0.1, 0.15) is 2.85 Å². The van der Waals surface area contributed by atoms with Gasteiger partial charge in [0.25, 0.3) is 0 Å². The summed E-state index contributed by atoms with van der Waals surface area (Å²) in [6.45, 7) is 0. The third kappa shape index (κ3) is 6.03. The van der Waals surface area contributed by atoms with Gasteiger partial charge in [0.2, 0.25) is 0 Å². The van der Waals surface area contributed by atoms with Crippen molar-refractivity contribution in [2.75, 3.05) is 0 Å². The zero-order valence-electron chi connectivity index (χ0n) is 8.76. The van der Waals surface area contributed by atoms with Gasteiger partial charge in [0.05, 0.1) is 0 Å². The topological polar surface area (TPSA) is 115 Å². The minimum atomic E-state index is -2.27. The molecule has 0 heterocycles. The van der Waals surface area contributed by atoms with E-state index in [-0.39, 0.29) is 51.3 Å². The second kappa shape index (κ2) is 8.07. The second-order valence-corrected chi connectivity index (χ2v) is 1.57. The first-order valence-electron chi connectivity index (χ1n) is 2.28. The van der Waals surface area contributed by atoms with Crippen LogP contribution in [0.2, 0.25) is 0 Å². The molecule has 0 spiro atoms. The molecule has 0 aromatic rings. The molecule has 0 saturated carbocycles. The van der Waals surface area contributed by atoms with Crippen LogP contribution in [0.25, 0.3) is 0 Å². The zero-order valence-corrected chi connectivity index (χ0v) is 8.76. The molecule has 12 heavy (non-hydrogen) atoms. The van der Waals surface area contributed by atoms with E-state index in [1.807, 2.05) is 0 Å². The fourth-order valence-corrected chi connectivity index (χ4v) is 0.270. The third-order valence-electron chi connectivity index (χ3n) is 0.805. The van der Waals surface area contributed by atoms with Gasteiger partial charge in [0.1, 0.15) is 0 Å². The van der Waals surface area contributed by atoms with Gasteiger partial charge in [-0.2, -0.15) is 0 Å². The number of aliphatic carboxylic acids is 2. The van der Waals surface area contributed by atoms with Crippen LogP contribution >= 0.6 is 0 Å². The predicted octanol–water partition coefficient (Wildman–Crippen LogP) is -7.89. The molecular formula is C4H8LiNaO6. The van der Waals surface area contributed by atoms with Gasteiger partial charge in [-0.05, 0) is 0 Å². The number of carboxylic acids is 2. The van der Waals surface area contributed by atoms with Crippen molar-refractivity contribution in [2.24, 2.45) is 0 Å². The molecule has 4 N–H and O–H groups in total. The maximum atomic E-state index is 9.77. The Morgan fingerprint density at radius 2 is 1.17 bits per heavy atom. The SMILES string of the molecule is O=C(O)C(O)C(O)C(=O)O.[H-].[H-].[Li+].[Na+]. The van der Waals surface area contributed by atoms with Crippen molar-refractivity contribution in [2.45, 2.75) is 12.2 Å². The Morgan fingerprint density at radius 3 is 1.25 bits per heavy atom. The predicted molar refractivity (Wildman–Crippen MR) is 29.5 cm³/mol. The first-order valence-corrected chi connectivity index (χ1v) is 2.28. The van der Waals surface area contributed by atoms with Crippen molar-refractivity contribution >= 4 is 11.9 Å². The van der Waals surface area contributed by atoms with Crippen LogP contribution in [0.5, 0.6) is 0 Å². The third-order valence-corrected chi connectivity index (χ3v) is 0.805. The van der Waals surface area contributed by atoms with Crippen LogP contribution < -0.4 is 48.4 Å². The largest absolute Gasteiger partial charge is 1.00 e. The van der Waals surface area contributed by atoms with Crippen molar-refractivity contribution in [3.63, 3.8) is 0 Å². The quantitative estimate of drug-likeness (QED) is 0.322. The van der Waals surface area contributed by atoms with Gasteiger partial charge in [-0.25, -0.2) is 9.59 Å². The molecule has 0 radical (unpaired) electrons. The van der Waals surface area contributed by atoms with Crippen molar-refractivity contribution in [1.29, 1.82) is 0 Å². The monoisotopic (exact) mass is 182 g/mol. The van der Waals surface area contributed by atoms with E-state index in [9.17, 15) is 9.59 Å². The Morgan fingerprint density at radius 1 is 1.00 bits per heavy atom. The van der Waals surface area contributed by atoms with Crippen LogP contribution in [0, 0.1) is 0 Å². The second-order valence-electron chi connectivity index (χ2n) is 1.57.